The van der Waals surface area contributed by atoms with Crippen LogP contribution in [0.15, 0.2) is 72.8 Å². The van der Waals surface area contributed by atoms with Crippen LogP contribution in [0.3, 0.4) is 0 Å². The van der Waals surface area contributed by atoms with E-state index in [1.807, 2.05) is 6.07 Å². The average molecular weight is 386 g/mol. The Kier molecular flexibility index (Phi) is 5.73. The monoisotopic (exact) mass is 385 g/mol. The van der Waals surface area contributed by atoms with Crippen molar-refractivity contribution in [3.05, 3.63) is 95.1 Å². The zero-order valence-electron chi connectivity index (χ0n) is 17.7. The number of hydrogen-bond donors (Lipinski definition) is 1. The maximum Gasteiger partial charge on any atom is 0.127 e. The minimum Gasteiger partial charge on any atom is -0.457 e. The second kappa shape index (κ2) is 8.42. The molecule has 0 radical (unpaired) electrons. The molecule has 1 aliphatic carbocycles. The van der Waals surface area contributed by atoms with Crippen molar-refractivity contribution in [2.24, 2.45) is 0 Å². The zero-order chi connectivity index (χ0) is 20.3. The molecule has 4 rings (SSSR count). The second-order valence-corrected chi connectivity index (χ2v) is 9.05. The van der Waals surface area contributed by atoms with Crippen molar-refractivity contribution in [1.82, 2.24) is 5.32 Å². The highest BCUT2D eigenvalue weighted by Gasteiger charge is 2.19. The number of benzene rings is 3. The number of nitrogens with one attached hydrogen (secondary N) is 1. The summed E-state index contributed by atoms with van der Waals surface area (Å²) in [5.74, 6) is 1.76. The van der Waals surface area contributed by atoms with E-state index in [1.165, 1.54) is 41.5 Å². The molecule has 1 N–H and O–H groups in total. The van der Waals surface area contributed by atoms with E-state index in [4.69, 9.17) is 4.74 Å². The van der Waals surface area contributed by atoms with Crippen LogP contribution in [0, 0.1) is 0 Å². The third-order valence-electron chi connectivity index (χ3n) is 5.78. The summed E-state index contributed by atoms with van der Waals surface area (Å²) in [6, 6.07) is 26.1. The molecular formula is C27H31NO. The zero-order valence-corrected chi connectivity index (χ0v) is 17.7. The fourth-order valence-electron chi connectivity index (χ4n) is 4.09. The molecule has 0 amide bonds. The molecule has 1 atom stereocenters. The largest absolute Gasteiger partial charge is 0.457 e. The van der Waals surface area contributed by atoms with Crippen LogP contribution in [0.25, 0.3) is 0 Å². The van der Waals surface area contributed by atoms with Crippen LogP contribution in [0.4, 0.5) is 0 Å². The van der Waals surface area contributed by atoms with Gasteiger partial charge in [-0.1, -0.05) is 69.3 Å². The van der Waals surface area contributed by atoms with Gasteiger partial charge < -0.3 is 10.1 Å². The number of hydrogen-bond acceptors (Lipinski definition) is 2. The van der Waals surface area contributed by atoms with Gasteiger partial charge in [-0.3, -0.25) is 0 Å². The first-order valence-corrected chi connectivity index (χ1v) is 10.7. The maximum atomic E-state index is 6.11. The fraction of sp³-hybridized carbons (Fsp3) is 0.333. The van der Waals surface area contributed by atoms with Gasteiger partial charge in [0, 0.05) is 12.6 Å². The van der Waals surface area contributed by atoms with Gasteiger partial charge in [0.2, 0.25) is 0 Å². The molecule has 0 spiro atoms. The van der Waals surface area contributed by atoms with Gasteiger partial charge in [-0.15, -0.1) is 0 Å². The maximum absolute atomic E-state index is 6.11. The highest BCUT2D eigenvalue weighted by molar-refractivity contribution is 5.37. The molecule has 0 bridgehead atoms. The van der Waals surface area contributed by atoms with Gasteiger partial charge in [-0.05, 0) is 71.2 Å². The number of rotatable bonds is 5. The van der Waals surface area contributed by atoms with Gasteiger partial charge in [0.15, 0.2) is 0 Å². The van der Waals surface area contributed by atoms with Crippen molar-refractivity contribution in [3.8, 4) is 11.5 Å². The summed E-state index contributed by atoms with van der Waals surface area (Å²) >= 11 is 0. The van der Waals surface area contributed by atoms with Crippen molar-refractivity contribution < 1.29 is 4.74 Å². The molecule has 0 aromatic heterocycles. The number of fused-ring (bicyclic) bond motifs is 1. The summed E-state index contributed by atoms with van der Waals surface area (Å²) < 4.78 is 6.11. The highest BCUT2D eigenvalue weighted by atomic mass is 16.5. The lowest BCUT2D eigenvalue weighted by Crippen LogP contribution is -2.24. The Morgan fingerprint density at radius 1 is 0.897 bits per heavy atom. The molecule has 0 heterocycles. The van der Waals surface area contributed by atoms with Crippen molar-refractivity contribution in [2.45, 2.75) is 58.0 Å². The summed E-state index contributed by atoms with van der Waals surface area (Å²) in [6.45, 7) is 7.53. The van der Waals surface area contributed by atoms with E-state index < -0.39 is 0 Å². The number of ether oxygens (including phenoxy) is 1. The third kappa shape index (κ3) is 4.89. The van der Waals surface area contributed by atoms with Gasteiger partial charge >= 0.3 is 0 Å². The second-order valence-electron chi connectivity index (χ2n) is 9.05. The van der Waals surface area contributed by atoms with E-state index in [2.05, 4.69) is 92.8 Å². The van der Waals surface area contributed by atoms with Crippen molar-refractivity contribution >= 4 is 0 Å². The van der Waals surface area contributed by atoms with Gasteiger partial charge in [0.1, 0.15) is 11.5 Å². The van der Waals surface area contributed by atoms with Crippen molar-refractivity contribution in [3.63, 3.8) is 0 Å². The van der Waals surface area contributed by atoms with Gasteiger partial charge in [-0.25, -0.2) is 0 Å². The first kappa shape index (κ1) is 19.7. The van der Waals surface area contributed by atoms with E-state index in [-0.39, 0.29) is 5.41 Å². The van der Waals surface area contributed by atoms with Crippen molar-refractivity contribution in [1.29, 1.82) is 0 Å². The Bertz CT molecular complexity index is 953. The van der Waals surface area contributed by atoms with Crippen LogP contribution >= 0.6 is 0 Å². The molecule has 1 aliphatic rings. The van der Waals surface area contributed by atoms with E-state index in [0.29, 0.717) is 6.04 Å². The molecule has 0 saturated carbocycles. The van der Waals surface area contributed by atoms with Gasteiger partial charge in [0.05, 0.1) is 0 Å². The fourth-order valence-corrected chi connectivity index (χ4v) is 4.09. The molecule has 0 saturated heterocycles. The summed E-state index contributed by atoms with van der Waals surface area (Å²) in [6.07, 6.45) is 3.65. The summed E-state index contributed by atoms with van der Waals surface area (Å²) in [5, 5.41) is 3.75. The van der Waals surface area contributed by atoms with E-state index in [9.17, 15) is 0 Å². The average Bonchev–Trinajstić information content (AvgIpc) is 2.72. The quantitative estimate of drug-likeness (QED) is 0.513. The normalized spacial score (nSPS) is 16.3. The number of aryl methyl sites for hydroxylation is 1. The minimum atomic E-state index is 0.155. The van der Waals surface area contributed by atoms with E-state index in [0.717, 1.165) is 18.0 Å². The van der Waals surface area contributed by atoms with Crippen LogP contribution < -0.4 is 10.1 Å². The topological polar surface area (TPSA) is 21.3 Å². The first-order valence-electron chi connectivity index (χ1n) is 10.7. The van der Waals surface area contributed by atoms with Crippen LogP contribution in [-0.4, -0.2) is 0 Å². The minimum absolute atomic E-state index is 0.155. The third-order valence-corrected chi connectivity index (χ3v) is 5.78. The van der Waals surface area contributed by atoms with Crippen molar-refractivity contribution in [2.75, 3.05) is 0 Å². The van der Waals surface area contributed by atoms with E-state index in [1.54, 1.807) is 0 Å². The van der Waals surface area contributed by atoms with Gasteiger partial charge in [-0.2, -0.15) is 0 Å². The lowest BCUT2D eigenvalue weighted by atomic mass is 9.87. The predicted octanol–water partition coefficient (Wildman–Crippen LogP) is 6.94. The summed E-state index contributed by atoms with van der Waals surface area (Å²) in [4.78, 5) is 0. The Labute approximate surface area is 174 Å². The lowest BCUT2D eigenvalue weighted by Gasteiger charge is -2.26. The molecule has 150 valence electrons. The molecule has 0 unspecified atom stereocenters. The Balaban J connectivity index is 1.41. The van der Waals surface area contributed by atoms with Crippen LogP contribution in [0.2, 0.25) is 0 Å². The summed E-state index contributed by atoms with van der Waals surface area (Å²) in [7, 11) is 0. The lowest BCUT2D eigenvalue weighted by molar-refractivity contribution is 0.456. The van der Waals surface area contributed by atoms with Crippen LogP contribution in [0.5, 0.6) is 11.5 Å². The molecule has 2 nitrogen and oxygen atoms in total. The smallest absolute Gasteiger partial charge is 0.127 e. The molecule has 2 heteroatoms. The molecule has 3 aromatic rings. The van der Waals surface area contributed by atoms with Crippen LogP contribution in [0.1, 0.15) is 61.9 Å². The molecule has 0 aliphatic heterocycles. The molecule has 3 aromatic carbocycles. The standard InChI is InChI=1S/C27H31NO/c1-27(2,3)22-14-16-23(17-15-22)29-24-11-6-8-20(18-24)19-28-26-13-7-10-21-9-4-5-12-25(21)26/h4-6,8-9,11-12,14-18,26,28H,7,10,13,19H2,1-3H3/t26-/m0/s1. The molecular weight excluding hydrogens is 354 g/mol. The van der Waals surface area contributed by atoms with Gasteiger partial charge in [0.25, 0.3) is 0 Å². The SMILES string of the molecule is CC(C)(C)c1ccc(Oc2cccc(CN[C@H]3CCCc4ccccc43)c2)cc1. The van der Waals surface area contributed by atoms with E-state index >= 15 is 0 Å². The first-order chi connectivity index (χ1) is 14.0. The summed E-state index contributed by atoms with van der Waals surface area (Å²) in [5.41, 5.74) is 5.67. The Hall–Kier alpha value is -2.58. The molecule has 0 fully saturated rings. The van der Waals surface area contributed by atoms with Crippen LogP contribution in [-0.2, 0) is 18.4 Å². The highest BCUT2D eigenvalue weighted by Crippen LogP contribution is 2.30. The Morgan fingerprint density at radius 2 is 1.69 bits per heavy atom. The predicted molar refractivity (Wildman–Crippen MR) is 121 cm³/mol. The Morgan fingerprint density at radius 3 is 2.48 bits per heavy atom. The molecule has 29 heavy (non-hydrogen) atoms.